The Morgan fingerprint density at radius 3 is 2.76 bits per heavy atom. The lowest BCUT2D eigenvalue weighted by Crippen LogP contribution is -2.06. The second-order valence-electron chi connectivity index (χ2n) is 4.16. The van der Waals surface area contributed by atoms with Crippen molar-refractivity contribution in [3.63, 3.8) is 0 Å². The second kappa shape index (κ2) is 7.71. The van der Waals surface area contributed by atoms with Crippen molar-refractivity contribution >= 4 is 34.7 Å². The highest BCUT2D eigenvalue weighted by molar-refractivity contribution is 8.13. The molecule has 0 amide bonds. The molecule has 4 nitrogen and oxygen atoms in total. The Morgan fingerprint density at radius 2 is 2.00 bits per heavy atom. The van der Waals surface area contributed by atoms with Crippen molar-refractivity contribution in [2.24, 2.45) is 15.9 Å². The van der Waals surface area contributed by atoms with Crippen molar-refractivity contribution in [1.29, 1.82) is 0 Å². The molecule has 0 aliphatic rings. The molecular formula is C15H14ClN3OS. The van der Waals surface area contributed by atoms with E-state index >= 15 is 0 Å². The molecule has 3 N–H and O–H groups in total. The Kier molecular flexibility index (Phi) is 5.66. The van der Waals surface area contributed by atoms with Gasteiger partial charge in [-0.3, -0.25) is 0 Å². The van der Waals surface area contributed by atoms with Crippen LogP contribution in [0.4, 0.5) is 0 Å². The summed E-state index contributed by atoms with van der Waals surface area (Å²) < 4.78 is 0. The third-order valence-electron chi connectivity index (χ3n) is 2.57. The van der Waals surface area contributed by atoms with Crippen LogP contribution in [0.3, 0.4) is 0 Å². The Hall–Kier alpha value is -1.98. The van der Waals surface area contributed by atoms with Gasteiger partial charge >= 0.3 is 0 Å². The molecule has 0 radical (unpaired) electrons. The Balaban J connectivity index is 1.93. The van der Waals surface area contributed by atoms with Crippen LogP contribution >= 0.6 is 23.4 Å². The first-order valence-corrected chi connectivity index (χ1v) is 7.53. The van der Waals surface area contributed by atoms with E-state index in [-0.39, 0.29) is 5.75 Å². The van der Waals surface area contributed by atoms with Crippen LogP contribution in [0, 0.1) is 0 Å². The van der Waals surface area contributed by atoms with Crippen LogP contribution in [0.15, 0.2) is 58.7 Å². The molecule has 0 aliphatic carbocycles. The van der Waals surface area contributed by atoms with Crippen LogP contribution in [0.1, 0.15) is 11.1 Å². The zero-order valence-electron chi connectivity index (χ0n) is 11.1. The quantitative estimate of drug-likeness (QED) is 0.513. The number of aromatic hydroxyl groups is 1. The summed E-state index contributed by atoms with van der Waals surface area (Å²) in [5.74, 6) is 0.822. The van der Waals surface area contributed by atoms with Crippen LogP contribution < -0.4 is 5.73 Å². The van der Waals surface area contributed by atoms with Gasteiger partial charge in [0.15, 0.2) is 5.17 Å². The summed E-state index contributed by atoms with van der Waals surface area (Å²) in [6.07, 6.45) is 1.41. The van der Waals surface area contributed by atoms with Crippen molar-refractivity contribution in [3.8, 4) is 5.75 Å². The molecule has 0 bridgehead atoms. The lowest BCUT2D eigenvalue weighted by atomic mass is 10.2. The highest BCUT2D eigenvalue weighted by Gasteiger charge is 1.99. The maximum absolute atomic E-state index is 9.62. The molecule has 0 heterocycles. The Labute approximate surface area is 132 Å². The molecule has 2 aromatic rings. The van der Waals surface area contributed by atoms with Gasteiger partial charge in [-0.05, 0) is 23.8 Å². The number of phenols is 1. The first-order chi connectivity index (χ1) is 10.1. The molecule has 108 valence electrons. The Bertz CT molecular complexity index is 659. The third kappa shape index (κ3) is 5.13. The van der Waals surface area contributed by atoms with Crippen molar-refractivity contribution in [1.82, 2.24) is 0 Å². The number of hydrogen-bond donors (Lipinski definition) is 2. The Morgan fingerprint density at radius 1 is 1.24 bits per heavy atom. The largest absolute Gasteiger partial charge is 0.507 e. The minimum atomic E-state index is 0.0915. The highest BCUT2D eigenvalue weighted by atomic mass is 35.5. The van der Waals surface area contributed by atoms with Crippen LogP contribution in [0.5, 0.6) is 5.75 Å². The van der Waals surface area contributed by atoms with E-state index in [0.29, 0.717) is 15.8 Å². The van der Waals surface area contributed by atoms with Crippen LogP contribution in [-0.4, -0.2) is 16.5 Å². The van der Waals surface area contributed by atoms with E-state index in [1.807, 2.05) is 30.3 Å². The van der Waals surface area contributed by atoms with Gasteiger partial charge in [-0.1, -0.05) is 53.7 Å². The number of hydrogen-bond acceptors (Lipinski definition) is 4. The molecule has 0 fully saturated rings. The standard InChI is InChI=1S/C15H14ClN3OS/c16-13-6-7-14(20)12(8-13)9-18-19-15(17)21-10-11-4-2-1-3-5-11/h1-9,20H,10H2,(H2,17,19)/b18-9+. The lowest BCUT2D eigenvalue weighted by Gasteiger charge is -1.99. The number of thioether (sulfide) groups is 1. The van der Waals surface area contributed by atoms with Gasteiger partial charge in [0.05, 0.1) is 6.21 Å². The van der Waals surface area contributed by atoms with Crippen LogP contribution in [0.2, 0.25) is 5.02 Å². The molecule has 0 aliphatic heterocycles. The molecular weight excluding hydrogens is 306 g/mol. The first kappa shape index (κ1) is 15.4. The fourth-order valence-corrected chi connectivity index (χ4v) is 2.33. The predicted octanol–water partition coefficient (Wildman–Crippen LogP) is 3.63. The number of benzene rings is 2. The average molecular weight is 320 g/mol. The van der Waals surface area contributed by atoms with Crippen LogP contribution in [0.25, 0.3) is 0 Å². The molecule has 2 aromatic carbocycles. The minimum absolute atomic E-state index is 0.0915. The monoisotopic (exact) mass is 319 g/mol. The summed E-state index contributed by atoms with van der Waals surface area (Å²) in [4.78, 5) is 0. The molecule has 0 saturated carbocycles. The molecule has 2 rings (SSSR count). The second-order valence-corrected chi connectivity index (χ2v) is 5.59. The molecule has 0 saturated heterocycles. The van der Waals surface area contributed by atoms with Gasteiger partial charge in [0.25, 0.3) is 0 Å². The van der Waals surface area contributed by atoms with Crippen molar-refractivity contribution in [2.75, 3.05) is 0 Å². The molecule has 0 unspecified atom stereocenters. The van der Waals surface area contributed by atoms with Crippen LogP contribution in [-0.2, 0) is 5.75 Å². The van der Waals surface area contributed by atoms with Gasteiger partial charge in [0.1, 0.15) is 5.75 Å². The number of amidine groups is 1. The number of nitrogens with zero attached hydrogens (tertiary/aromatic N) is 2. The van der Waals surface area contributed by atoms with E-state index in [1.54, 1.807) is 12.1 Å². The predicted molar refractivity (Wildman–Crippen MR) is 90.1 cm³/mol. The van der Waals surface area contributed by atoms with E-state index in [9.17, 15) is 5.11 Å². The number of halogens is 1. The molecule has 0 aromatic heterocycles. The van der Waals surface area contributed by atoms with Gasteiger partial charge in [0.2, 0.25) is 0 Å². The molecule has 0 atom stereocenters. The fraction of sp³-hybridized carbons (Fsp3) is 0.0667. The lowest BCUT2D eigenvalue weighted by molar-refractivity contribution is 0.474. The summed E-state index contributed by atoms with van der Waals surface area (Å²) in [5.41, 5.74) is 7.42. The normalized spacial score (nSPS) is 12.0. The minimum Gasteiger partial charge on any atom is -0.507 e. The summed E-state index contributed by atoms with van der Waals surface area (Å²) in [6.45, 7) is 0. The smallest absolute Gasteiger partial charge is 0.180 e. The number of nitrogens with two attached hydrogens (primary N) is 1. The molecule has 21 heavy (non-hydrogen) atoms. The average Bonchev–Trinajstić information content (AvgIpc) is 2.50. The van der Waals surface area contributed by atoms with Gasteiger partial charge in [-0.25, -0.2) is 0 Å². The first-order valence-electron chi connectivity index (χ1n) is 6.17. The zero-order valence-corrected chi connectivity index (χ0v) is 12.7. The summed E-state index contributed by atoms with van der Waals surface area (Å²) >= 11 is 7.24. The summed E-state index contributed by atoms with van der Waals surface area (Å²) in [6, 6.07) is 14.7. The summed E-state index contributed by atoms with van der Waals surface area (Å²) in [5, 5.41) is 18.2. The number of rotatable bonds is 4. The highest BCUT2D eigenvalue weighted by Crippen LogP contribution is 2.19. The maximum atomic E-state index is 9.62. The van der Waals surface area contributed by atoms with Gasteiger partial charge in [0, 0.05) is 16.3 Å². The summed E-state index contributed by atoms with van der Waals surface area (Å²) in [7, 11) is 0. The van der Waals surface area contributed by atoms with Gasteiger partial charge < -0.3 is 10.8 Å². The van der Waals surface area contributed by atoms with Crippen molar-refractivity contribution < 1.29 is 5.11 Å². The van der Waals surface area contributed by atoms with E-state index < -0.39 is 0 Å². The van der Waals surface area contributed by atoms with E-state index in [1.165, 1.54) is 24.0 Å². The fourth-order valence-electron chi connectivity index (χ4n) is 1.54. The molecule has 0 spiro atoms. The van der Waals surface area contributed by atoms with Crippen molar-refractivity contribution in [3.05, 3.63) is 64.7 Å². The van der Waals surface area contributed by atoms with Gasteiger partial charge in [-0.15, -0.1) is 5.10 Å². The topological polar surface area (TPSA) is 71.0 Å². The zero-order chi connectivity index (χ0) is 15.1. The number of phenolic OH excluding ortho intramolecular Hbond substituents is 1. The van der Waals surface area contributed by atoms with E-state index in [0.717, 1.165) is 11.3 Å². The van der Waals surface area contributed by atoms with Gasteiger partial charge in [-0.2, -0.15) is 5.10 Å². The molecule has 6 heteroatoms. The third-order valence-corrected chi connectivity index (χ3v) is 3.66. The van der Waals surface area contributed by atoms with E-state index in [2.05, 4.69) is 10.2 Å². The SMILES string of the molecule is N/C(=N\N=C\c1cc(Cl)ccc1O)SCc1ccccc1. The maximum Gasteiger partial charge on any atom is 0.180 e. The van der Waals surface area contributed by atoms with Crippen molar-refractivity contribution in [2.45, 2.75) is 5.75 Å². The van der Waals surface area contributed by atoms with E-state index in [4.69, 9.17) is 17.3 Å².